The fourth-order valence-electron chi connectivity index (χ4n) is 3.60. The molecule has 0 bridgehead atoms. The molecule has 0 saturated carbocycles. The Labute approximate surface area is 191 Å². The average Bonchev–Trinajstić information content (AvgIpc) is 2.75. The number of carbonyl (C=O) groups excluding carboxylic acids is 1. The first kappa shape index (κ1) is 25.1. The molecule has 5 heteroatoms. The zero-order chi connectivity index (χ0) is 23.7. The molecule has 0 aliphatic carbocycles. The van der Waals surface area contributed by atoms with Gasteiger partial charge < -0.3 is 19.7 Å². The summed E-state index contributed by atoms with van der Waals surface area (Å²) in [6, 6.07) is 7.84. The highest BCUT2D eigenvalue weighted by Crippen LogP contribution is 2.35. The molecule has 0 amide bonds. The lowest BCUT2D eigenvalue weighted by atomic mass is 9.95. The summed E-state index contributed by atoms with van der Waals surface area (Å²) in [5, 5.41) is 19.4. The summed E-state index contributed by atoms with van der Waals surface area (Å²) >= 11 is 0. The summed E-state index contributed by atoms with van der Waals surface area (Å²) in [7, 11) is 3.23. The van der Waals surface area contributed by atoms with Crippen LogP contribution in [0.4, 0.5) is 0 Å². The molecule has 2 rings (SSSR count). The minimum atomic E-state index is -0.211. The molecule has 5 nitrogen and oxygen atoms in total. The summed E-state index contributed by atoms with van der Waals surface area (Å²) in [5.41, 5.74) is 4.82. The Morgan fingerprint density at radius 2 is 1.72 bits per heavy atom. The first-order chi connectivity index (χ1) is 15.3. The lowest BCUT2D eigenvalue weighted by Gasteiger charge is -2.16. The highest BCUT2D eigenvalue weighted by molar-refractivity contribution is 5.98. The van der Waals surface area contributed by atoms with Crippen molar-refractivity contribution in [3.8, 4) is 23.0 Å². The average molecular weight is 439 g/mol. The van der Waals surface area contributed by atoms with Gasteiger partial charge in [0.15, 0.2) is 17.3 Å². The van der Waals surface area contributed by atoms with Gasteiger partial charge in [0.1, 0.15) is 11.5 Å². The van der Waals surface area contributed by atoms with Crippen LogP contribution < -0.4 is 9.47 Å². The third-order valence-electron chi connectivity index (χ3n) is 5.39. The molecule has 0 aliphatic rings. The quantitative estimate of drug-likeness (QED) is 0.324. The van der Waals surface area contributed by atoms with Crippen molar-refractivity contribution >= 4 is 5.78 Å². The summed E-state index contributed by atoms with van der Waals surface area (Å²) in [6.07, 6.45) is 7.84. The largest absolute Gasteiger partial charge is 0.508 e. The van der Waals surface area contributed by atoms with Gasteiger partial charge in [0.05, 0.1) is 19.8 Å². The van der Waals surface area contributed by atoms with Crippen molar-refractivity contribution in [3.05, 3.63) is 70.3 Å². The van der Waals surface area contributed by atoms with E-state index in [0.717, 1.165) is 24.0 Å². The predicted molar refractivity (Wildman–Crippen MR) is 128 cm³/mol. The van der Waals surface area contributed by atoms with Gasteiger partial charge in [-0.05, 0) is 70.2 Å². The minimum Gasteiger partial charge on any atom is -0.508 e. The van der Waals surface area contributed by atoms with Gasteiger partial charge in [-0.15, -0.1) is 0 Å². The van der Waals surface area contributed by atoms with Crippen molar-refractivity contribution in [2.45, 2.75) is 52.9 Å². The van der Waals surface area contributed by atoms with E-state index in [1.165, 1.54) is 29.3 Å². The number of benzene rings is 2. The number of ether oxygens (including phenoxy) is 2. The zero-order valence-electron chi connectivity index (χ0n) is 19.7. The number of aryl methyl sites for hydroxylation is 1. The van der Waals surface area contributed by atoms with Crippen molar-refractivity contribution < 1.29 is 24.5 Å². The number of rotatable bonds is 11. The molecule has 172 valence electrons. The smallest absolute Gasteiger partial charge is 0.166 e. The Morgan fingerprint density at radius 3 is 2.34 bits per heavy atom. The van der Waals surface area contributed by atoms with Crippen LogP contribution in [0.2, 0.25) is 0 Å². The second-order valence-electron chi connectivity index (χ2n) is 8.14. The fourth-order valence-corrected chi connectivity index (χ4v) is 3.60. The van der Waals surface area contributed by atoms with Crippen LogP contribution in [0.1, 0.15) is 61.5 Å². The van der Waals surface area contributed by atoms with E-state index in [1.54, 1.807) is 14.2 Å². The lowest BCUT2D eigenvalue weighted by molar-refractivity contribution is 0.0980. The number of methoxy groups -OCH3 is 2. The molecule has 0 radical (unpaired) electrons. The minimum absolute atomic E-state index is 0.0760. The zero-order valence-corrected chi connectivity index (χ0v) is 19.7. The highest BCUT2D eigenvalue weighted by atomic mass is 16.5. The van der Waals surface area contributed by atoms with E-state index in [1.807, 2.05) is 12.1 Å². The van der Waals surface area contributed by atoms with Crippen LogP contribution in [0.3, 0.4) is 0 Å². The second kappa shape index (κ2) is 12.0. The maximum absolute atomic E-state index is 12.7. The molecule has 2 aromatic carbocycles. The molecule has 0 fully saturated rings. The number of allylic oxidation sites excluding steroid dienone is 4. The molecule has 0 atom stereocenters. The Hall–Kier alpha value is -3.21. The van der Waals surface area contributed by atoms with Crippen LogP contribution in [0.5, 0.6) is 23.0 Å². The number of ketones is 1. The van der Waals surface area contributed by atoms with Crippen LogP contribution in [0.25, 0.3) is 0 Å². The SMILES string of the molecule is COc1ccc(CCC(=O)c2ccc(O)cc2O)c(CC=C(C)CCC=C(C)C)c1OC. The molecule has 0 heterocycles. The molecule has 0 spiro atoms. The van der Waals surface area contributed by atoms with Gasteiger partial charge in [0.25, 0.3) is 0 Å². The van der Waals surface area contributed by atoms with Crippen molar-refractivity contribution in [1.29, 1.82) is 0 Å². The van der Waals surface area contributed by atoms with Crippen molar-refractivity contribution in [2.24, 2.45) is 0 Å². The molecule has 2 aromatic rings. The fraction of sp³-hybridized carbons (Fsp3) is 0.370. The van der Waals surface area contributed by atoms with Crippen molar-refractivity contribution in [1.82, 2.24) is 0 Å². The highest BCUT2D eigenvalue weighted by Gasteiger charge is 2.17. The molecule has 0 aromatic heterocycles. The van der Waals surface area contributed by atoms with Gasteiger partial charge in [0, 0.05) is 18.1 Å². The Kier molecular flexibility index (Phi) is 9.39. The van der Waals surface area contributed by atoms with E-state index in [9.17, 15) is 15.0 Å². The number of aromatic hydroxyl groups is 2. The lowest BCUT2D eigenvalue weighted by Crippen LogP contribution is -2.05. The second-order valence-corrected chi connectivity index (χ2v) is 8.14. The van der Waals surface area contributed by atoms with E-state index < -0.39 is 0 Å². The first-order valence-electron chi connectivity index (χ1n) is 10.8. The van der Waals surface area contributed by atoms with Gasteiger partial charge in [-0.1, -0.05) is 29.4 Å². The maximum Gasteiger partial charge on any atom is 0.166 e. The standard InChI is InChI=1S/C27H34O5/c1-18(2)7-6-8-19(3)9-13-22-20(11-16-26(31-4)27(22)32-5)10-15-24(29)23-14-12-21(28)17-25(23)30/h7,9,11-12,14,16-17,28,30H,6,8,10,13,15H2,1-5H3. The van der Waals surface area contributed by atoms with Crippen LogP contribution in [0.15, 0.2) is 53.6 Å². The topological polar surface area (TPSA) is 76.0 Å². The van der Waals surface area contributed by atoms with E-state index in [2.05, 4.69) is 32.9 Å². The van der Waals surface area contributed by atoms with Gasteiger partial charge in [0.2, 0.25) is 0 Å². The van der Waals surface area contributed by atoms with E-state index in [4.69, 9.17) is 9.47 Å². The Balaban J connectivity index is 2.24. The third kappa shape index (κ3) is 6.91. The van der Waals surface area contributed by atoms with Crippen molar-refractivity contribution in [2.75, 3.05) is 14.2 Å². The van der Waals surface area contributed by atoms with E-state index >= 15 is 0 Å². The van der Waals surface area contributed by atoms with Gasteiger partial charge >= 0.3 is 0 Å². The van der Waals surface area contributed by atoms with Crippen LogP contribution >= 0.6 is 0 Å². The van der Waals surface area contributed by atoms with Gasteiger partial charge in [-0.2, -0.15) is 0 Å². The van der Waals surface area contributed by atoms with Crippen LogP contribution in [-0.4, -0.2) is 30.2 Å². The number of Topliss-reactive ketones (excluding diaryl/α,β-unsaturated/α-hetero) is 1. The number of carbonyl (C=O) groups is 1. The Bertz CT molecular complexity index is 997. The summed E-state index contributed by atoms with van der Waals surface area (Å²) in [6.45, 7) is 6.33. The number of hydrogen-bond donors (Lipinski definition) is 2. The van der Waals surface area contributed by atoms with Gasteiger partial charge in [-0.3, -0.25) is 4.79 Å². The number of hydrogen-bond acceptors (Lipinski definition) is 5. The third-order valence-corrected chi connectivity index (χ3v) is 5.39. The molecule has 0 unspecified atom stereocenters. The normalized spacial score (nSPS) is 11.2. The molecular weight excluding hydrogens is 404 g/mol. The molecule has 32 heavy (non-hydrogen) atoms. The molecular formula is C27H34O5. The van der Waals surface area contributed by atoms with Gasteiger partial charge in [-0.25, -0.2) is 0 Å². The predicted octanol–water partition coefficient (Wildman–Crippen LogP) is 6.17. The summed E-state index contributed by atoms with van der Waals surface area (Å²) < 4.78 is 11.1. The van der Waals surface area contributed by atoms with E-state index in [-0.39, 0.29) is 29.3 Å². The molecule has 2 N–H and O–H groups in total. The van der Waals surface area contributed by atoms with Crippen LogP contribution in [0, 0.1) is 0 Å². The summed E-state index contributed by atoms with van der Waals surface area (Å²) in [5.74, 6) is 0.865. The van der Waals surface area contributed by atoms with E-state index in [0.29, 0.717) is 24.3 Å². The number of phenols is 2. The van der Waals surface area contributed by atoms with Crippen molar-refractivity contribution in [3.63, 3.8) is 0 Å². The molecule has 0 saturated heterocycles. The first-order valence-corrected chi connectivity index (χ1v) is 10.8. The monoisotopic (exact) mass is 438 g/mol. The summed E-state index contributed by atoms with van der Waals surface area (Å²) in [4.78, 5) is 12.7. The Morgan fingerprint density at radius 1 is 0.969 bits per heavy atom. The van der Waals surface area contributed by atoms with Crippen LogP contribution in [-0.2, 0) is 12.8 Å². The molecule has 0 aliphatic heterocycles. The maximum atomic E-state index is 12.7. The number of phenolic OH excluding ortho intramolecular Hbond substituents is 2.